The summed E-state index contributed by atoms with van der Waals surface area (Å²) in [5.74, 6) is -0.234. The molecular formula is C19H22N9O+. The van der Waals surface area contributed by atoms with Crippen LogP contribution in [0.3, 0.4) is 0 Å². The molecular weight excluding hydrogens is 370 g/mol. The number of rotatable bonds is 7. The summed E-state index contributed by atoms with van der Waals surface area (Å²) in [5, 5.41) is 22.0. The van der Waals surface area contributed by atoms with E-state index in [1.165, 1.54) is 12.4 Å². The van der Waals surface area contributed by atoms with Crippen LogP contribution < -0.4 is 16.5 Å². The average Bonchev–Trinajstić information content (AvgIpc) is 2.70. The van der Waals surface area contributed by atoms with E-state index in [0.717, 1.165) is 31.2 Å². The molecule has 1 aromatic heterocycles. The summed E-state index contributed by atoms with van der Waals surface area (Å²) in [6.07, 6.45) is 7.19. The van der Waals surface area contributed by atoms with Gasteiger partial charge in [-0.2, -0.15) is 10.4 Å². The van der Waals surface area contributed by atoms with E-state index >= 15 is 0 Å². The third-order valence-corrected chi connectivity index (χ3v) is 4.25. The minimum absolute atomic E-state index is 0.142. The summed E-state index contributed by atoms with van der Waals surface area (Å²) < 4.78 is 0. The lowest BCUT2D eigenvalue weighted by Crippen LogP contribution is -2.71. The second-order valence-electron chi connectivity index (χ2n) is 6.39. The molecule has 0 spiro atoms. The maximum absolute atomic E-state index is 11.8. The normalized spacial score (nSPS) is 15.6. The molecule has 1 aliphatic carbocycles. The van der Waals surface area contributed by atoms with Crippen LogP contribution >= 0.6 is 0 Å². The van der Waals surface area contributed by atoms with Crippen molar-refractivity contribution in [3.05, 3.63) is 36.0 Å². The number of nitrogens with two attached hydrogens (primary N) is 2. The first-order valence-corrected chi connectivity index (χ1v) is 9.11. The van der Waals surface area contributed by atoms with Crippen LogP contribution in [0.1, 0.15) is 36.0 Å². The van der Waals surface area contributed by atoms with Crippen molar-refractivity contribution in [1.29, 1.82) is 10.8 Å². The van der Waals surface area contributed by atoms with Gasteiger partial charge in [-0.3, -0.25) is 4.79 Å². The topological polar surface area (TPSA) is 170 Å². The van der Waals surface area contributed by atoms with Crippen molar-refractivity contribution in [2.75, 3.05) is 5.32 Å². The molecule has 10 heteroatoms. The number of hydrogen-bond donors (Lipinski definition) is 5. The summed E-state index contributed by atoms with van der Waals surface area (Å²) in [5.41, 5.74) is 9.87. The number of nitrogens with one attached hydrogen (secondary N) is 3. The summed E-state index contributed by atoms with van der Waals surface area (Å²) in [7, 11) is 0. The number of primary amides is 1. The van der Waals surface area contributed by atoms with Crippen LogP contribution in [0, 0.1) is 10.8 Å². The van der Waals surface area contributed by atoms with Gasteiger partial charge in [0.25, 0.3) is 11.9 Å². The molecule has 0 saturated heterocycles. The molecule has 148 valence electrons. The Hall–Kier alpha value is -3.79. The maximum atomic E-state index is 11.8. The molecule has 7 N–H and O–H groups in total. The van der Waals surface area contributed by atoms with E-state index in [-0.39, 0.29) is 17.3 Å². The van der Waals surface area contributed by atoms with Gasteiger partial charge in [0.1, 0.15) is 17.6 Å². The Bertz CT molecular complexity index is 997. The van der Waals surface area contributed by atoms with E-state index in [9.17, 15) is 4.79 Å². The molecule has 10 nitrogen and oxygen atoms in total. The van der Waals surface area contributed by atoms with Gasteiger partial charge in [0.05, 0.1) is 11.4 Å². The third-order valence-electron chi connectivity index (χ3n) is 4.25. The van der Waals surface area contributed by atoms with Crippen molar-refractivity contribution in [2.24, 2.45) is 15.8 Å². The lowest BCUT2D eigenvalue weighted by Gasteiger charge is -2.14. The van der Waals surface area contributed by atoms with Gasteiger partial charge in [-0.1, -0.05) is 11.2 Å². The van der Waals surface area contributed by atoms with Crippen molar-refractivity contribution in [2.45, 2.75) is 25.7 Å². The number of nitrogens with zero attached hydrogens (tertiary/aromatic N) is 4. The van der Waals surface area contributed by atoms with Gasteiger partial charge >= 0.3 is 0 Å². The Balaban J connectivity index is 1.89. The fraction of sp³-hybridized carbons (Fsp3) is 0.211. The number of quaternary nitrogens is 1. The molecule has 0 radical (unpaired) electrons. The Labute approximate surface area is 167 Å². The van der Waals surface area contributed by atoms with Crippen LogP contribution in [0.5, 0.6) is 0 Å². The highest BCUT2D eigenvalue weighted by Crippen LogP contribution is 2.23. The zero-order valence-electron chi connectivity index (χ0n) is 15.7. The summed E-state index contributed by atoms with van der Waals surface area (Å²) in [4.78, 5) is 24.7. The first-order valence-electron chi connectivity index (χ1n) is 9.11. The lowest BCUT2D eigenvalue weighted by atomic mass is 9.96. The number of aromatic nitrogens is 2. The lowest BCUT2D eigenvalue weighted by molar-refractivity contribution is -0.576. The van der Waals surface area contributed by atoms with Crippen LogP contribution in [-0.4, -0.2) is 39.7 Å². The van der Waals surface area contributed by atoms with Gasteiger partial charge < -0.3 is 21.9 Å². The fourth-order valence-corrected chi connectivity index (χ4v) is 2.84. The van der Waals surface area contributed by atoms with Crippen molar-refractivity contribution in [3.8, 4) is 0 Å². The molecule has 0 atom stereocenters. The molecule has 1 heterocycles. The maximum Gasteiger partial charge on any atom is 0.254 e. The van der Waals surface area contributed by atoms with Crippen LogP contribution in [0.2, 0.25) is 0 Å². The van der Waals surface area contributed by atoms with Crippen molar-refractivity contribution < 1.29 is 10.2 Å². The predicted molar refractivity (Wildman–Crippen MR) is 112 cm³/mol. The van der Waals surface area contributed by atoms with Gasteiger partial charge in [-0.15, -0.1) is 0 Å². The monoisotopic (exact) mass is 392 g/mol. The SMILES string of the molecule is N=C/C=N\[NH2+]c1cccc(Nc2nc(/N=C3\CCCCC3=N)ncc2C(N)=O)c1. The second kappa shape index (κ2) is 9.42. The standard InChI is InChI=1S/C19H21N9O/c20-8-9-24-28-13-5-3-4-12(10-13)25-18-14(17(22)29)11-23-19(27-18)26-16-7-2-1-6-15(16)21/h3-5,8-11,20-21,28H,1-2,6-7H2,(H2,22,29)(H,23,25,27)/p+1/b20-8?,21-15?,24-9-,26-16+. The number of carbonyl (C=O) groups excluding carboxylic acids is 1. The first kappa shape index (κ1) is 20.0. The molecule has 1 amide bonds. The molecule has 0 aliphatic heterocycles. The van der Waals surface area contributed by atoms with Gasteiger partial charge in [0, 0.05) is 30.2 Å². The van der Waals surface area contributed by atoms with Crippen molar-refractivity contribution in [3.63, 3.8) is 0 Å². The number of amides is 1. The second-order valence-corrected chi connectivity index (χ2v) is 6.39. The van der Waals surface area contributed by atoms with Crippen LogP contribution in [0.25, 0.3) is 0 Å². The van der Waals surface area contributed by atoms with E-state index in [1.807, 2.05) is 24.3 Å². The molecule has 2 aromatic rings. The van der Waals surface area contributed by atoms with Crippen molar-refractivity contribution in [1.82, 2.24) is 9.97 Å². The number of carbonyl (C=O) groups is 1. The van der Waals surface area contributed by atoms with Crippen LogP contribution in [0.4, 0.5) is 23.1 Å². The molecule has 1 aromatic carbocycles. The molecule has 3 rings (SSSR count). The molecule has 29 heavy (non-hydrogen) atoms. The average molecular weight is 392 g/mol. The summed E-state index contributed by atoms with van der Waals surface area (Å²) in [6.45, 7) is 0. The highest BCUT2D eigenvalue weighted by molar-refractivity contribution is 6.42. The fourth-order valence-electron chi connectivity index (χ4n) is 2.84. The quantitative estimate of drug-likeness (QED) is 0.210. The van der Waals surface area contributed by atoms with E-state index in [1.54, 1.807) is 5.43 Å². The number of benzene rings is 1. The van der Waals surface area contributed by atoms with Crippen LogP contribution in [-0.2, 0) is 0 Å². The smallest absolute Gasteiger partial charge is 0.254 e. The van der Waals surface area contributed by atoms with Gasteiger partial charge in [0.15, 0.2) is 5.69 Å². The molecule has 0 unspecified atom stereocenters. The molecule has 1 aliphatic rings. The highest BCUT2D eigenvalue weighted by atomic mass is 16.1. The predicted octanol–water partition coefficient (Wildman–Crippen LogP) is 1.82. The van der Waals surface area contributed by atoms with Crippen LogP contribution in [0.15, 0.2) is 40.6 Å². The van der Waals surface area contributed by atoms with E-state index < -0.39 is 5.91 Å². The van der Waals surface area contributed by atoms with Crippen molar-refractivity contribution >= 4 is 52.9 Å². The Morgan fingerprint density at radius 2 is 2.14 bits per heavy atom. The zero-order chi connectivity index (χ0) is 20.6. The number of anilines is 2. The van der Waals surface area contributed by atoms with E-state index in [4.69, 9.17) is 16.6 Å². The Kier molecular flexibility index (Phi) is 6.48. The Morgan fingerprint density at radius 1 is 1.31 bits per heavy atom. The van der Waals surface area contributed by atoms with Gasteiger partial charge in [0.2, 0.25) is 0 Å². The number of aliphatic imine (C=N–C) groups is 1. The molecule has 1 fully saturated rings. The molecule has 0 bridgehead atoms. The largest absolute Gasteiger partial charge is 0.365 e. The minimum Gasteiger partial charge on any atom is -0.365 e. The summed E-state index contributed by atoms with van der Waals surface area (Å²) in [6, 6.07) is 7.31. The molecule has 1 saturated carbocycles. The number of hydrogen-bond acceptors (Lipinski definition) is 8. The van der Waals surface area contributed by atoms with E-state index in [0.29, 0.717) is 23.5 Å². The first-order chi connectivity index (χ1) is 14.1. The van der Waals surface area contributed by atoms with E-state index in [2.05, 4.69) is 25.4 Å². The van der Waals surface area contributed by atoms with Gasteiger partial charge in [-0.25, -0.2) is 9.98 Å². The minimum atomic E-state index is -0.657. The highest BCUT2D eigenvalue weighted by Gasteiger charge is 2.16. The Morgan fingerprint density at radius 3 is 2.90 bits per heavy atom. The summed E-state index contributed by atoms with van der Waals surface area (Å²) >= 11 is 0. The third kappa shape index (κ3) is 5.36. The zero-order valence-corrected chi connectivity index (χ0v) is 15.7. The van der Waals surface area contributed by atoms with Gasteiger partial charge in [-0.05, 0) is 31.7 Å².